The predicted octanol–water partition coefficient (Wildman–Crippen LogP) is 3.97. The molecule has 0 saturated carbocycles. The number of anilines is 1. The molecule has 2 aromatic rings. The molecule has 0 saturated heterocycles. The molecule has 0 spiro atoms. The quantitative estimate of drug-likeness (QED) is 0.388. The Bertz CT molecular complexity index is 858. The van der Waals surface area contributed by atoms with Crippen molar-refractivity contribution in [3.05, 3.63) is 65.2 Å². The molecule has 0 aliphatic carbocycles. The highest BCUT2D eigenvalue weighted by Gasteiger charge is 2.22. The maximum atomic E-state index is 12.4. The Hall–Kier alpha value is -2.09. The summed E-state index contributed by atoms with van der Waals surface area (Å²) >= 11 is 0. The predicted molar refractivity (Wildman–Crippen MR) is 127 cm³/mol. The molecule has 1 aliphatic rings. The zero-order chi connectivity index (χ0) is 19.4. The van der Waals surface area contributed by atoms with Gasteiger partial charge in [0.15, 0.2) is 5.96 Å². The van der Waals surface area contributed by atoms with E-state index in [1.807, 2.05) is 45.0 Å². The minimum Gasteiger partial charge on any atom is -0.352 e. The third-order valence-electron chi connectivity index (χ3n) is 4.48. The van der Waals surface area contributed by atoms with Gasteiger partial charge in [0.25, 0.3) is 5.91 Å². The van der Waals surface area contributed by atoms with Crippen molar-refractivity contribution in [3.8, 4) is 0 Å². The number of rotatable bonds is 3. The number of halogens is 1. The number of fused-ring (bicyclic) bond motifs is 1. The smallest absolute Gasteiger partial charge is 0.251 e. The van der Waals surface area contributed by atoms with Gasteiger partial charge in [-0.05, 0) is 56.5 Å². The monoisotopic (exact) mass is 492 g/mol. The lowest BCUT2D eigenvalue weighted by Gasteiger charge is -2.23. The van der Waals surface area contributed by atoms with Gasteiger partial charge in [-0.25, -0.2) is 0 Å². The molecule has 150 valence electrons. The minimum absolute atomic E-state index is 0. The average molecular weight is 492 g/mol. The molecule has 1 amide bonds. The number of hydrogen-bond donors (Lipinski definition) is 2. The van der Waals surface area contributed by atoms with Crippen molar-refractivity contribution in [1.29, 1.82) is 0 Å². The second-order valence-corrected chi connectivity index (χ2v) is 7.84. The summed E-state index contributed by atoms with van der Waals surface area (Å²) in [6, 6.07) is 16.1. The van der Waals surface area contributed by atoms with Crippen LogP contribution in [0.25, 0.3) is 0 Å². The molecular weight excluding hydrogens is 463 g/mol. The molecule has 2 aromatic carbocycles. The summed E-state index contributed by atoms with van der Waals surface area (Å²) < 4.78 is 0. The summed E-state index contributed by atoms with van der Waals surface area (Å²) in [5.74, 6) is 0.798. The fraction of sp³-hybridized carbons (Fsp3) is 0.364. The van der Waals surface area contributed by atoms with E-state index in [1.54, 1.807) is 7.05 Å². The third-order valence-corrected chi connectivity index (χ3v) is 4.48. The molecule has 1 heterocycles. The largest absolute Gasteiger partial charge is 0.352 e. The standard InChI is InChI=1S/C22H28N4O.HI/c1-22(2,3)25-20(27)18-10-7-8-16(14-18)15-24-21(23-4)26-13-12-17-9-5-6-11-19(17)26;/h5-11,14H,12-13,15H2,1-4H3,(H,23,24)(H,25,27);1H. The molecule has 1 aliphatic heterocycles. The minimum atomic E-state index is -0.253. The highest BCUT2D eigenvalue weighted by molar-refractivity contribution is 14.0. The number of nitrogens with zero attached hydrogens (tertiary/aromatic N) is 2. The maximum Gasteiger partial charge on any atom is 0.251 e. The van der Waals surface area contributed by atoms with Crippen molar-refractivity contribution in [1.82, 2.24) is 10.6 Å². The first-order valence-corrected chi connectivity index (χ1v) is 9.35. The lowest BCUT2D eigenvalue weighted by Crippen LogP contribution is -2.41. The average Bonchev–Trinajstić information content (AvgIpc) is 3.05. The van der Waals surface area contributed by atoms with Crippen molar-refractivity contribution in [2.24, 2.45) is 4.99 Å². The number of guanidine groups is 1. The molecule has 5 nitrogen and oxygen atoms in total. The first-order valence-electron chi connectivity index (χ1n) is 9.35. The van der Waals surface area contributed by atoms with Crippen LogP contribution in [0, 0.1) is 0 Å². The Morgan fingerprint density at radius 2 is 1.89 bits per heavy atom. The molecule has 0 unspecified atom stereocenters. The number of carbonyl (C=O) groups is 1. The van der Waals surface area contributed by atoms with Crippen LogP contribution in [0.1, 0.15) is 42.3 Å². The number of hydrogen-bond acceptors (Lipinski definition) is 2. The summed E-state index contributed by atoms with van der Waals surface area (Å²) in [4.78, 5) is 19.0. The van der Waals surface area contributed by atoms with Crippen LogP contribution in [-0.4, -0.2) is 31.0 Å². The van der Waals surface area contributed by atoms with E-state index in [2.05, 4.69) is 44.8 Å². The van der Waals surface area contributed by atoms with Gasteiger partial charge in [-0.3, -0.25) is 9.79 Å². The summed E-state index contributed by atoms with van der Waals surface area (Å²) in [6.45, 7) is 7.48. The van der Waals surface area contributed by atoms with Crippen molar-refractivity contribution in [2.75, 3.05) is 18.5 Å². The van der Waals surface area contributed by atoms with Crippen molar-refractivity contribution >= 4 is 41.5 Å². The Morgan fingerprint density at radius 3 is 2.61 bits per heavy atom. The second-order valence-electron chi connectivity index (χ2n) is 7.84. The molecule has 0 bridgehead atoms. The van der Waals surface area contributed by atoms with Gasteiger partial charge >= 0.3 is 0 Å². The van der Waals surface area contributed by atoms with E-state index in [4.69, 9.17) is 0 Å². The Kier molecular flexibility index (Phi) is 7.46. The van der Waals surface area contributed by atoms with Crippen molar-refractivity contribution in [3.63, 3.8) is 0 Å². The Morgan fingerprint density at radius 1 is 1.14 bits per heavy atom. The molecule has 2 N–H and O–H groups in total. The van der Waals surface area contributed by atoms with Gasteiger partial charge in [-0.15, -0.1) is 24.0 Å². The second kappa shape index (κ2) is 9.41. The molecule has 28 heavy (non-hydrogen) atoms. The molecule has 6 heteroatoms. The molecule has 0 fully saturated rings. The van der Waals surface area contributed by atoms with Crippen molar-refractivity contribution < 1.29 is 4.79 Å². The topological polar surface area (TPSA) is 56.7 Å². The van der Waals surface area contributed by atoms with Gasteiger partial charge in [0.05, 0.1) is 0 Å². The lowest BCUT2D eigenvalue weighted by molar-refractivity contribution is 0.0919. The van der Waals surface area contributed by atoms with E-state index in [0.717, 1.165) is 24.5 Å². The first-order chi connectivity index (χ1) is 12.9. The maximum absolute atomic E-state index is 12.4. The van der Waals surface area contributed by atoms with Crippen LogP contribution in [0.5, 0.6) is 0 Å². The number of aliphatic imine (C=N–C) groups is 1. The van der Waals surface area contributed by atoms with Gasteiger partial charge in [0, 0.05) is 36.9 Å². The normalized spacial score (nSPS) is 13.6. The molecular formula is C22H29IN4O. The lowest BCUT2D eigenvalue weighted by atomic mass is 10.1. The van der Waals surface area contributed by atoms with Gasteiger partial charge < -0.3 is 15.5 Å². The van der Waals surface area contributed by atoms with Gasteiger partial charge in [0.2, 0.25) is 0 Å². The van der Waals surface area contributed by atoms with E-state index in [9.17, 15) is 4.79 Å². The summed E-state index contributed by atoms with van der Waals surface area (Å²) in [7, 11) is 1.80. The number of carbonyl (C=O) groups excluding carboxylic acids is 1. The zero-order valence-electron chi connectivity index (χ0n) is 17.0. The van der Waals surface area contributed by atoms with E-state index in [0.29, 0.717) is 12.1 Å². The van der Waals surface area contributed by atoms with Gasteiger partial charge in [-0.1, -0.05) is 30.3 Å². The zero-order valence-corrected chi connectivity index (χ0v) is 19.3. The number of benzene rings is 2. The highest BCUT2D eigenvalue weighted by atomic mass is 127. The van der Waals surface area contributed by atoms with Crippen LogP contribution >= 0.6 is 24.0 Å². The van der Waals surface area contributed by atoms with Gasteiger partial charge in [-0.2, -0.15) is 0 Å². The molecule has 3 rings (SSSR count). The Balaban J connectivity index is 0.00000280. The first kappa shape index (κ1) is 22.2. The van der Waals surface area contributed by atoms with Gasteiger partial charge in [0.1, 0.15) is 0 Å². The van der Waals surface area contributed by atoms with E-state index >= 15 is 0 Å². The third kappa shape index (κ3) is 5.47. The SMILES string of the molecule is CN=C(NCc1cccc(C(=O)NC(C)(C)C)c1)N1CCc2ccccc21.I. The fourth-order valence-electron chi connectivity index (χ4n) is 3.27. The Labute approximate surface area is 184 Å². The van der Waals surface area contributed by atoms with E-state index < -0.39 is 0 Å². The van der Waals surface area contributed by atoms with E-state index in [1.165, 1.54) is 11.3 Å². The summed E-state index contributed by atoms with van der Waals surface area (Å²) in [5, 5.41) is 6.43. The number of nitrogens with one attached hydrogen (secondary N) is 2. The molecule has 0 atom stereocenters. The van der Waals surface area contributed by atoms with Crippen LogP contribution in [0.2, 0.25) is 0 Å². The van der Waals surface area contributed by atoms with Crippen LogP contribution in [0.4, 0.5) is 5.69 Å². The molecule has 0 radical (unpaired) electrons. The van der Waals surface area contributed by atoms with Crippen LogP contribution < -0.4 is 15.5 Å². The summed E-state index contributed by atoms with van der Waals surface area (Å²) in [5.41, 5.74) is 4.03. The number of para-hydroxylation sites is 1. The van der Waals surface area contributed by atoms with E-state index in [-0.39, 0.29) is 35.4 Å². The van der Waals surface area contributed by atoms with Crippen LogP contribution in [0.3, 0.4) is 0 Å². The fourth-order valence-corrected chi connectivity index (χ4v) is 3.27. The van der Waals surface area contributed by atoms with Crippen LogP contribution in [-0.2, 0) is 13.0 Å². The van der Waals surface area contributed by atoms with Crippen molar-refractivity contribution in [2.45, 2.75) is 39.3 Å². The van der Waals surface area contributed by atoms with Crippen LogP contribution in [0.15, 0.2) is 53.5 Å². The molecule has 0 aromatic heterocycles. The summed E-state index contributed by atoms with van der Waals surface area (Å²) in [6.07, 6.45) is 1.03. The number of amides is 1. The highest BCUT2D eigenvalue weighted by Crippen LogP contribution is 2.27.